The zero-order chi connectivity index (χ0) is 19.2. The number of amidine groups is 1. The molecule has 27 heavy (non-hydrogen) atoms. The van der Waals surface area contributed by atoms with Crippen LogP contribution in [0.2, 0.25) is 0 Å². The van der Waals surface area contributed by atoms with Crippen molar-refractivity contribution in [3.8, 4) is 0 Å². The maximum Gasteiger partial charge on any atom is 0.242 e. The molecular weight excluding hydrogens is 358 g/mol. The van der Waals surface area contributed by atoms with Crippen LogP contribution in [-0.4, -0.2) is 39.7 Å². The third-order valence-corrected chi connectivity index (χ3v) is 6.35. The van der Waals surface area contributed by atoms with E-state index in [1.165, 1.54) is 24.6 Å². The maximum atomic E-state index is 13.1. The molecule has 1 saturated carbocycles. The molecule has 1 heterocycles. The Labute approximate surface area is 166 Å². The number of hydrogen-bond donors (Lipinski definition) is 1. The maximum absolute atomic E-state index is 13.1. The summed E-state index contributed by atoms with van der Waals surface area (Å²) < 4.78 is 0. The van der Waals surface area contributed by atoms with Crippen LogP contribution in [-0.2, 0) is 9.59 Å². The summed E-state index contributed by atoms with van der Waals surface area (Å²) in [6, 6.07) is 7.94. The molecule has 3 rings (SSSR count). The Morgan fingerprint density at radius 3 is 2.48 bits per heavy atom. The van der Waals surface area contributed by atoms with Crippen LogP contribution < -0.4 is 5.32 Å². The molecular formula is C21H29N3O2S. The first-order chi connectivity index (χ1) is 13.1. The predicted molar refractivity (Wildman–Crippen MR) is 112 cm³/mol. The zero-order valence-corrected chi connectivity index (χ0v) is 17.1. The Bertz CT molecular complexity index is 694. The fraction of sp³-hybridized carbons (Fsp3) is 0.571. The Morgan fingerprint density at radius 1 is 1.19 bits per heavy atom. The first-order valence-corrected chi connectivity index (χ1v) is 10.9. The summed E-state index contributed by atoms with van der Waals surface area (Å²) in [5.74, 6) is -0.0681. The summed E-state index contributed by atoms with van der Waals surface area (Å²) in [5, 5.41) is 3.34. The summed E-state index contributed by atoms with van der Waals surface area (Å²) >= 11 is 1.46. The number of aliphatic imine (C=N–C) groups is 1. The van der Waals surface area contributed by atoms with Gasteiger partial charge in [-0.1, -0.05) is 55.1 Å². The lowest BCUT2D eigenvalue weighted by Gasteiger charge is -2.26. The van der Waals surface area contributed by atoms with E-state index < -0.39 is 0 Å². The van der Waals surface area contributed by atoms with Gasteiger partial charge in [0.05, 0.1) is 0 Å². The molecule has 0 radical (unpaired) electrons. The number of thioether (sulfide) groups is 1. The molecule has 2 amide bonds. The van der Waals surface area contributed by atoms with Gasteiger partial charge in [-0.3, -0.25) is 19.5 Å². The fourth-order valence-corrected chi connectivity index (χ4v) is 4.99. The van der Waals surface area contributed by atoms with Crippen LogP contribution in [0.5, 0.6) is 0 Å². The normalized spacial score (nSPS) is 22.9. The van der Waals surface area contributed by atoms with Gasteiger partial charge in [0.15, 0.2) is 5.17 Å². The number of anilines is 1. The minimum atomic E-state index is -0.371. The minimum absolute atomic E-state index is 0.0538. The molecule has 2 aliphatic rings. The van der Waals surface area contributed by atoms with E-state index in [0.717, 1.165) is 42.1 Å². The monoisotopic (exact) mass is 387 g/mol. The number of aryl methyl sites for hydroxylation is 1. The quantitative estimate of drug-likeness (QED) is 0.763. The topological polar surface area (TPSA) is 61.8 Å². The van der Waals surface area contributed by atoms with Crippen molar-refractivity contribution in [3.05, 3.63) is 29.8 Å². The molecule has 0 aromatic heterocycles. The molecule has 1 aromatic carbocycles. The Hall–Kier alpha value is -1.82. The van der Waals surface area contributed by atoms with Gasteiger partial charge in [-0.15, -0.1) is 0 Å². The summed E-state index contributed by atoms with van der Waals surface area (Å²) in [6.07, 6.45) is 7.08. The number of carbonyl (C=O) groups is 2. The standard InChI is InChI=1S/C21H29N3O2S/c1-3-22-21-24(17-8-6-4-5-7-9-17)20(26)18(27-21)14-19(25)23-16-12-10-15(2)11-13-16/h10-13,17-18H,3-9,14H2,1-2H3,(H,23,25)/t18-/m1/s1. The Morgan fingerprint density at radius 2 is 1.85 bits per heavy atom. The van der Waals surface area contributed by atoms with Crippen LogP contribution >= 0.6 is 11.8 Å². The average Bonchev–Trinajstić information content (AvgIpc) is 2.82. The summed E-state index contributed by atoms with van der Waals surface area (Å²) in [4.78, 5) is 32.0. The van der Waals surface area contributed by atoms with Gasteiger partial charge >= 0.3 is 0 Å². The highest BCUT2D eigenvalue weighted by molar-refractivity contribution is 8.15. The molecule has 0 bridgehead atoms. The van der Waals surface area contributed by atoms with Crippen molar-refractivity contribution in [2.24, 2.45) is 4.99 Å². The van der Waals surface area contributed by atoms with Crippen molar-refractivity contribution in [2.45, 2.75) is 70.1 Å². The van der Waals surface area contributed by atoms with Gasteiger partial charge in [0.1, 0.15) is 5.25 Å². The van der Waals surface area contributed by atoms with E-state index in [0.29, 0.717) is 6.54 Å². The van der Waals surface area contributed by atoms with E-state index in [2.05, 4.69) is 10.3 Å². The molecule has 1 aromatic rings. The molecule has 2 fully saturated rings. The molecule has 1 saturated heterocycles. The highest BCUT2D eigenvalue weighted by Crippen LogP contribution is 2.35. The zero-order valence-electron chi connectivity index (χ0n) is 16.2. The largest absolute Gasteiger partial charge is 0.326 e. The van der Waals surface area contributed by atoms with Crippen LogP contribution in [0.3, 0.4) is 0 Å². The van der Waals surface area contributed by atoms with Gasteiger partial charge in [0.25, 0.3) is 0 Å². The highest BCUT2D eigenvalue weighted by atomic mass is 32.2. The molecule has 1 aliphatic carbocycles. The van der Waals surface area contributed by atoms with E-state index in [9.17, 15) is 9.59 Å². The predicted octanol–water partition coefficient (Wildman–Crippen LogP) is 4.37. The van der Waals surface area contributed by atoms with Gasteiger partial charge in [0.2, 0.25) is 11.8 Å². The van der Waals surface area contributed by atoms with Crippen LogP contribution in [0.4, 0.5) is 5.69 Å². The summed E-state index contributed by atoms with van der Waals surface area (Å²) in [5.41, 5.74) is 1.91. The summed E-state index contributed by atoms with van der Waals surface area (Å²) in [6.45, 7) is 4.65. The minimum Gasteiger partial charge on any atom is -0.326 e. The van der Waals surface area contributed by atoms with Crippen LogP contribution in [0.15, 0.2) is 29.3 Å². The lowest BCUT2D eigenvalue weighted by Crippen LogP contribution is -2.41. The van der Waals surface area contributed by atoms with Crippen LogP contribution in [0.1, 0.15) is 57.4 Å². The van der Waals surface area contributed by atoms with E-state index >= 15 is 0 Å². The molecule has 0 spiro atoms. The summed E-state index contributed by atoms with van der Waals surface area (Å²) in [7, 11) is 0. The highest BCUT2D eigenvalue weighted by Gasteiger charge is 2.42. The van der Waals surface area contributed by atoms with Crippen molar-refractivity contribution in [3.63, 3.8) is 0 Å². The lowest BCUT2D eigenvalue weighted by molar-refractivity contribution is -0.129. The molecule has 1 aliphatic heterocycles. The van der Waals surface area contributed by atoms with Gasteiger partial charge in [0, 0.05) is 24.7 Å². The number of amides is 2. The number of benzene rings is 1. The van der Waals surface area contributed by atoms with E-state index in [-0.39, 0.29) is 29.5 Å². The van der Waals surface area contributed by atoms with Crippen molar-refractivity contribution in [1.82, 2.24) is 4.90 Å². The number of carbonyl (C=O) groups excluding carboxylic acids is 2. The van der Waals surface area contributed by atoms with Crippen molar-refractivity contribution < 1.29 is 9.59 Å². The van der Waals surface area contributed by atoms with Crippen LogP contribution in [0, 0.1) is 6.92 Å². The van der Waals surface area contributed by atoms with Crippen LogP contribution in [0.25, 0.3) is 0 Å². The SMILES string of the molecule is CCN=C1S[C@H](CC(=O)Nc2ccc(C)cc2)C(=O)N1C1CCCCCC1. The first-order valence-electron chi connectivity index (χ1n) is 9.99. The molecule has 0 unspecified atom stereocenters. The van der Waals surface area contributed by atoms with Gasteiger partial charge < -0.3 is 5.32 Å². The second-order valence-electron chi connectivity index (χ2n) is 7.34. The molecule has 5 nitrogen and oxygen atoms in total. The number of nitrogens with zero attached hydrogens (tertiary/aromatic N) is 2. The first kappa shape index (κ1) is 19.9. The number of rotatable bonds is 5. The van der Waals surface area contributed by atoms with Crippen molar-refractivity contribution in [1.29, 1.82) is 0 Å². The third kappa shape index (κ3) is 5.12. The van der Waals surface area contributed by atoms with Gasteiger partial charge in [-0.05, 0) is 38.8 Å². The van der Waals surface area contributed by atoms with E-state index in [4.69, 9.17) is 0 Å². The lowest BCUT2D eigenvalue weighted by atomic mass is 10.1. The molecule has 1 N–H and O–H groups in total. The second-order valence-corrected chi connectivity index (χ2v) is 8.51. The Kier molecular flexibility index (Phi) is 6.94. The van der Waals surface area contributed by atoms with Crippen molar-refractivity contribution in [2.75, 3.05) is 11.9 Å². The number of hydrogen-bond acceptors (Lipinski definition) is 4. The smallest absolute Gasteiger partial charge is 0.242 e. The van der Waals surface area contributed by atoms with Crippen molar-refractivity contribution >= 4 is 34.4 Å². The Balaban J connectivity index is 1.66. The molecule has 1 atom stereocenters. The second kappa shape index (κ2) is 9.40. The average molecular weight is 388 g/mol. The van der Waals surface area contributed by atoms with Gasteiger partial charge in [-0.2, -0.15) is 0 Å². The van der Waals surface area contributed by atoms with Gasteiger partial charge in [-0.25, -0.2) is 0 Å². The number of nitrogens with one attached hydrogen (secondary N) is 1. The molecule has 146 valence electrons. The third-order valence-electron chi connectivity index (χ3n) is 5.16. The van der Waals surface area contributed by atoms with E-state index in [1.54, 1.807) is 0 Å². The fourth-order valence-electron chi connectivity index (χ4n) is 3.73. The molecule has 6 heteroatoms. The van der Waals surface area contributed by atoms with E-state index in [1.807, 2.05) is 43.0 Å².